The molecule has 1 N–H and O–H groups in total. The predicted molar refractivity (Wildman–Crippen MR) is 53.3 cm³/mol. The Balaban J connectivity index is 2.90. The van der Waals surface area contributed by atoms with Gasteiger partial charge in [-0.1, -0.05) is 6.92 Å². The Morgan fingerprint density at radius 3 is 3.07 bits per heavy atom. The number of aliphatic hydroxyl groups is 1. The lowest BCUT2D eigenvalue weighted by Crippen LogP contribution is -2.02. The van der Waals surface area contributed by atoms with E-state index in [1.165, 1.54) is 24.2 Å². The van der Waals surface area contributed by atoms with E-state index in [0.717, 1.165) is 0 Å². The molecule has 1 aromatic heterocycles. The van der Waals surface area contributed by atoms with Crippen LogP contribution in [0.1, 0.15) is 6.92 Å². The number of rotatable bonds is 4. The van der Waals surface area contributed by atoms with Crippen LogP contribution >= 0.6 is 11.8 Å². The number of nitro groups is 1. The van der Waals surface area contributed by atoms with Gasteiger partial charge in [0.1, 0.15) is 6.20 Å². The summed E-state index contributed by atoms with van der Waals surface area (Å²) in [4.78, 5) is 14.3. The van der Waals surface area contributed by atoms with Crippen molar-refractivity contribution in [2.24, 2.45) is 0 Å². The highest BCUT2D eigenvalue weighted by molar-refractivity contribution is 8.00. The van der Waals surface area contributed by atoms with Crippen molar-refractivity contribution in [1.29, 1.82) is 0 Å². The SMILES string of the molecule is CC(CO)Sc1ccncc1[N+](=O)[O-]. The van der Waals surface area contributed by atoms with Gasteiger partial charge in [-0.3, -0.25) is 15.1 Å². The molecule has 0 aliphatic carbocycles. The fourth-order valence-electron chi connectivity index (χ4n) is 0.864. The highest BCUT2D eigenvalue weighted by Gasteiger charge is 2.15. The molecule has 0 aromatic carbocycles. The highest BCUT2D eigenvalue weighted by atomic mass is 32.2. The maximum Gasteiger partial charge on any atom is 0.300 e. The number of hydrogen-bond acceptors (Lipinski definition) is 5. The van der Waals surface area contributed by atoms with E-state index in [-0.39, 0.29) is 17.5 Å². The monoisotopic (exact) mass is 214 g/mol. The summed E-state index contributed by atoms with van der Waals surface area (Å²) in [6, 6.07) is 1.58. The summed E-state index contributed by atoms with van der Waals surface area (Å²) in [6.07, 6.45) is 2.71. The quantitative estimate of drug-likeness (QED) is 0.466. The third-order valence-corrected chi connectivity index (χ3v) is 2.69. The molecule has 1 unspecified atom stereocenters. The molecule has 0 spiro atoms. The Morgan fingerprint density at radius 2 is 2.50 bits per heavy atom. The molecule has 1 atom stereocenters. The van der Waals surface area contributed by atoms with Crippen LogP contribution in [-0.2, 0) is 0 Å². The van der Waals surface area contributed by atoms with Crippen LogP contribution in [-0.4, -0.2) is 26.9 Å². The van der Waals surface area contributed by atoms with Gasteiger partial charge in [0.05, 0.1) is 16.4 Å². The molecule has 0 saturated carbocycles. The Labute approximate surface area is 85.3 Å². The maximum absolute atomic E-state index is 10.6. The number of hydrogen-bond donors (Lipinski definition) is 1. The summed E-state index contributed by atoms with van der Waals surface area (Å²) in [6.45, 7) is 1.79. The van der Waals surface area contributed by atoms with Gasteiger partial charge in [-0.15, -0.1) is 11.8 Å². The molecule has 1 aromatic rings. The first kappa shape index (κ1) is 10.9. The maximum atomic E-state index is 10.6. The van der Waals surface area contributed by atoms with Crippen LogP contribution < -0.4 is 0 Å². The molecule has 0 radical (unpaired) electrons. The van der Waals surface area contributed by atoms with Gasteiger partial charge in [-0.2, -0.15) is 0 Å². The minimum absolute atomic E-state index is 0.00978. The molecule has 5 nitrogen and oxygen atoms in total. The second kappa shape index (κ2) is 4.92. The Hall–Kier alpha value is -1.14. The number of nitrogens with zero attached hydrogens (tertiary/aromatic N) is 2. The van der Waals surface area contributed by atoms with Crippen molar-refractivity contribution < 1.29 is 10.0 Å². The third kappa shape index (κ3) is 2.68. The van der Waals surface area contributed by atoms with Crippen molar-refractivity contribution in [3.8, 4) is 0 Å². The van der Waals surface area contributed by atoms with Crippen molar-refractivity contribution in [1.82, 2.24) is 4.98 Å². The second-order valence-electron chi connectivity index (χ2n) is 2.71. The fraction of sp³-hybridized carbons (Fsp3) is 0.375. The molecule has 0 aliphatic heterocycles. The van der Waals surface area contributed by atoms with Crippen LogP contribution in [0.15, 0.2) is 23.4 Å². The van der Waals surface area contributed by atoms with Gasteiger partial charge in [-0.05, 0) is 6.07 Å². The van der Waals surface area contributed by atoms with Gasteiger partial charge in [-0.25, -0.2) is 0 Å². The highest BCUT2D eigenvalue weighted by Crippen LogP contribution is 2.30. The fourth-order valence-corrected chi connectivity index (χ4v) is 1.76. The number of aliphatic hydroxyl groups excluding tert-OH is 1. The van der Waals surface area contributed by atoms with Crippen molar-refractivity contribution in [3.05, 3.63) is 28.6 Å². The molecule has 1 heterocycles. The zero-order valence-electron chi connectivity index (χ0n) is 7.58. The smallest absolute Gasteiger partial charge is 0.300 e. The molecular weight excluding hydrogens is 204 g/mol. The molecule has 0 fully saturated rings. The lowest BCUT2D eigenvalue weighted by atomic mass is 10.4. The van der Waals surface area contributed by atoms with Crippen LogP contribution in [0.25, 0.3) is 0 Å². The van der Waals surface area contributed by atoms with E-state index in [4.69, 9.17) is 5.11 Å². The van der Waals surface area contributed by atoms with Crippen LogP contribution in [0.3, 0.4) is 0 Å². The van der Waals surface area contributed by atoms with Crippen LogP contribution in [0.4, 0.5) is 5.69 Å². The second-order valence-corrected chi connectivity index (χ2v) is 4.19. The topological polar surface area (TPSA) is 76.3 Å². The summed E-state index contributed by atoms with van der Waals surface area (Å²) in [7, 11) is 0. The van der Waals surface area contributed by atoms with Gasteiger partial charge in [0.15, 0.2) is 0 Å². The van der Waals surface area contributed by atoms with Gasteiger partial charge >= 0.3 is 5.69 Å². The molecule has 0 amide bonds. The van der Waals surface area contributed by atoms with Crippen LogP contribution in [0.5, 0.6) is 0 Å². The predicted octanol–water partition coefficient (Wildman–Crippen LogP) is 1.46. The minimum atomic E-state index is -0.473. The first-order chi connectivity index (χ1) is 6.65. The van der Waals surface area contributed by atoms with E-state index >= 15 is 0 Å². The molecule has 0 bridgehead atoms. The van der Waals surface area contributed by atoms with Crippen molar-refractivity contribution in [2.75, 3.05) is 6.61 Å². The zero-order valence-corrected chi connectivity index (χ0v) is 8.40. The Bertz CT molecular complexity index is 332. The molecule has 0 saturated heterocycles. The molecule has 1 rings (SSSR count). The number of aromatic nitrogens is 1. The number of pyridine rings is 1. The minimum Gasteiger partial charge on any atom is -0.395 e. The van der Waals surface area contributed by atoms with Gasteiger partial charge in [0, 0.05) is 11.4 Å². The van der Waals surface area contributed by atoms with E-state index in [0.29, 0.717) is 4.90 Å². The summed E-state index contributed by atoms with van der Waals surface area (Å²) >= 11 is 1.27. The summed E-state index contributed by atoms with van der Waals surface area (Å²) in [5.41, 5.74) is -0.0159. The van der Waals surface area contributed by atoms with Gasteiger partial charge in [0.2, 0.25) is 0 Å². The van der Waals surface area contributed by atoms with E-state index in [1.807, 2.05) is 0 Å². The molecular formula is C8H10N2O3S. The zero-order chi connectivity index (χ0) is 10.6. The average molecular weight is 214 g/mol. The summed E-state index contributed by atoms with van der Waals surface area (Å²) in [5.74, 6) is 0. The Kier molecular flexibility index (Phi) is 3.84. The van der Waals surface area contributed by atoms with Crippen LogP contribution in [0.2, 0.25) is 0 Å². The van der Waals surface area contributed by atoms with Crippen molar-refractivity contribution in [2.45, 2.75) is 17.1 Å². The normalized spacial score (nSPS) is 12.4. The summed E-state index contributed by atoms with van der Waals surface area (Å²) < 4.78 is 0. The van der Waals surface area contributed by atoms with E-state index in [1.54, 1.807) is 13.0 Å². The molecule has 76 valence electrons. The van der Waals surface area contributed by atoms with Crippen molar-refractivity contribution >= 4 is 17.4 Å². The average Bonchev–Trinajstić information content (AvgIpc) is 2.18. The van der Waals surface area contributed by atoms with Gasteiger partial charge < -0.3 is 5.11 Å². The third-order valence-electron chi connectivity index (χ3n) is 1.54. The first-order valence-corrected chi connectivity index (χ1v) is 4.89. The van der Waals surface area contributed by atoms with E-state index in [2.05, 4.69) is 4.98 Å². The lowest BCUT2D eigenvalue weighted by molar-refractivity contribution is -0.388. The number of thioether (sulfide) groups is 1. The molecule has 14 heavy (non-hydrogen) atoms. The van der Waals surface area contributed by atoms with E-state index in [9.17, 15) is 10.1 Å². The largest absolute Gasteiger partial charge is 0.395 e. The van der Waals surface area contributed by atoms with Gasteiger partial charge in [0.25, 0.3) is 0 Å². The standard InChI is InChI=1S/C8H10N2O3S/c1-6(5-11)14-8-2-3-9-4-7(8)10(12)13/h2-4,6,11H,5H2,1H3. The molecule has 6 heteroatoms. The first-order valence-electron chi connectivity index (χ1n) is 4.01. The Morgan fingerprint density at radius 1 is 1.79 bits per heavy atom. The van der Waals surface area contributed by atoms with Crippen molar-refractivity contribution in [3.63, 3.8) is 0 Å². The van der Waals surface area contributed by atoms with E-state index < -0.39 is 4.92 Å². The lowest BCUT2D eigenvalue weighted by Gasteiger charge is -2.06. The summed E-state index contributed by atoms with van der Waals surface area (Å²) in [5, 5.41) is 19.3. The van der Waals surface area contributed by atoms with Crippen LogP contribution in [0, 0.1) is 10.1 Å². The molecule has 0 aliphatic rings.